The van der Waals surface area contributed by atoms with E-state index in [1.54, 1.807) is 14.0 Å². The molecule has 0 aromatic carbocycles. The molecule has 0 aliphatic heterocycles. The summed E-state index contributed by atoms with van der Waals surface area (Å²) in [5.74, 6) is -0.985. The number of amides is 1. The minimum absolute atomic E-state index is 0.0706. The largest absolute Gasteiger partial charge is 0.480 e. The van der Waals surface area contributed by atoms with E-state index < -0.39 is 17.1 Å². The average Bonchev–Trinajstić information content (AvgIpc) is 3.02. The van der Waals surface area contributed by atoms with Crippen LogP contribution in [0.2, 0.25) is 0 Å². The van der Waals surface area contributed by atoms with Crippen molar-refractivity contribution in [1.82, 2.24) is 4.90 Å². The number of carboxylic acids is 1. The zero-order chi connectivity index (χ0) is 13.3. The molecule has 1 aliphatic carbocycles. The van der Waals surface area contributed by atoms with E-state index in [1.165, 1.54) is 4.90 Å². The lowest BCUT2D eigenvalue weighted by Crippen LogP contribution is -2.56. The van der Waals surface area contributed by atoms with E-state index in [2.05, 4.69) is 0 Å². The lowest BCUT2D eigenvalue weighted by atomic mass is 9.86. The summed E-state index contributed by atoms with van der Waals surface area (Å²) in [5, 5.41) is 9.41. The molecule has 0 radical (unpaired) electrons. The minimum atomic E-state index is -1.21. The van der Waals surface area contributed by atoms with Gasteiger partial charge in [0.25, 0.3) is 0 Å². The highest BCUT2D eigenvalue weighted by atomic mass is 16.5. The van der Waals surface area contributed by atoms with E-state index in [0.717, 1.165) is 12.8 Å². The molecule has 0 bridgehead atoms. The molecular weight excluding hydrogens is 222 g/mol. The van der Waals surface area contributed by atoms with Gasteiger partial charge in [0.05, 0.1) is 5.60 Å². The number of carbonyl (C=O) groups excluding carboxylic acids is 1. The molecule has 1 rings (SSSR count). The van der Waals surface area contributed by atoms with Crippen LogP contribution in [0.5, 0.6) is 0 Å². The number of methoxy groups -OCH3 is 1. The van der Waals surface area contributed by atoms with Crippen molar-refractivity contribution in [3.63, 3.8) is 0 Å². The van der Waals surface area contributed by atoms with Crippen molar-refractivity contribution in [2.45, 2.75) is 57.2 Å². The molecule has 0 aromatic heterocycles. The van der Waals surface area contributed by atoms with Crippen molar-refractivity contribution in [3.8, 4) is 0 Å². The number of carboxylic acid groups (broad SMARTS) is 1. The molecule has 5 nitrogen and oxygen atoms in total. The number of nitrogens with zero attached hydrogens (tertiary/aromatic N) is 1. The van der Waals surface area contributed by atoms with Crippen molar-refractivity contribution in [2.75, 3.05) is 7.11 Å². The van der Waals surface area contributed by atoms with Crippen LogP contribution in [0.4, 0.5) is 0 Å². The predicted octanol–water partition coefficient (Wildman–Crippen LogP) is 1.27. The van der Waals surface area contributed by atoms with Crippen LogP contribution >= 0.6 is 0 Å². The van der Waals surface area contributed by atoms with Crippen LogP contribution in [0.25, 0.3) is 0 Å². The van der Waals surface area contributed by atoms with E-state index in [9.17, 15) is 14.7 Å². The van der Waals surface area contributed by atoms with Gasteiger partial charge in [-0.25, -0.2) is 4.79 Å². The first kappa shape index (κ1) is 14.0. The molecule has 1 amide bonds. The average molecular weight is 243 g/mol. The molecule has 1 atom stereocenters. The van der Waals surface area contributed by atoms with Gasteiger partial charge in [0.15, 0.2) is 0 Å². The Morgan fingerprint density at radius 1 is 1.47 bits per heavy atom. The normalized spacial score (nSPS) is 19.5. The Hall–Kier alpha value is -1.10. The first-order chi connectivity index (χ1) is 7.77. The van der Waals surface area contributed by atoms with Gasteiger partial charge in [-0.1, -0.05) is 0 Å². The van der Waals surface area contributed by atoms with Gasteiger partial charge in [0.1, 0.15) is 5.54 Å². The summed E-state index contributed by atoms with van der Waals surface area (Å²) in [6.45, 7) is 5.23. The number of aliphatic carboxylic acids is 1. The molecular formula is C12H21NO4. The van der Waals surface area contributed by atoms with Gasteiger partial charge in [-0.2, -0.15) is 0 Å². The fourth-order valence-corrected chi connectivity index (χ4v) is 2.14. The maximum atomic E-state index is 11.5. The molecule has 1 unspecified atom stereocenters. The number of ether oxygens (including phenoxy) is 1. The number of rotatable bonds is 7. The fourth-order valence-electron chi connectivity index (χ4n) is 2.14. The number of hydrogen-bond donors (Lipinski definition) is 1. The molecule has 0 aromatic rings. The summed E-state index contributed by atoms with van der Waals surface area (Å²) < 4.78 is 5.27. The van der Waals surface area contributed by atoms with E-state index >= 15 is 0 Å². The molecule has 0 spiro atoms. The molecule has 98 valence electrons. The summed E-state index contributed by atoms with van der Waals surface area (Å²) >= 11 is 0. The highest BCUT2D eigenvalue weighted by Gasteiger charge is 2.48. The smallest absolute Gasteiger partial charge is 0.329 e. The number of carbonyl (C=O) groups is 2. The monoisotopic (exact) mass is 243 g/mol. The van der Waals surface area contributed by atoms with Crippen molar-refractivity contribution < 1.29 is 19.4 Å². The Kier molecular flexibility index (Phi) is 3.81. The van der Waals surface area contributed by atoms with Gasteiger partial charge in [-0.05, 0) is 33.6 Å². The molecule has 1 fully saturated rings. The summed E-state index contributed by atoms with van der Waals surface area (Å²) in [7, 11) is 1.55. The van der Waals surface area contributed by atoms with Crippen LogP contribution in [0.15, 0.2) is 0 Å². The fraction of sp³-hybridized carbons (Fsp3) is 0.833. The van der Waals surface area contributed by atoms with Gasteiger partial charge >= 0.3 is 5.97 Å². The molecule has 0 heterocycles. The molecule has 1 aliphatic rings. The second-order valence-electron chi connectivity index (χ2n) is 5.46. The van der Waals surface area contributed by atoms with Gasteiger partial charge in [0, 0.05) is 19.6 Å². The van der Waals surface area contributed by atoms with Gasteiger partial charge in [0.2, 0.25) is 6.41 Å². The molecule has 1 N–H and O–H groups in total. The predicted molar refractivity (Wildman–Crippen MR) is 62.7 cm³/mol. The second-order valence-corrected chi connectivity index (χ2v) is 5.46. The zero-order valence-corrected chi connectivity index (χ0v) is 10.9. The van der Waals surface area contributed by atoms with E-state index in [1.807, 2.05) is 13.8 Å². The SMILES string of the molecule is COC(C)(C)CC(C)(C(=O)O)N(C=O)C1CC1. The lowest BCUT2D eigenvalue weighted by molar-refractivity contribution is -0.159. The van der Waals surface area contributed by atoms with Gasteiger partial charge < -0.3 is 14.7 Å². The van der Waals surface area contributed by atoms with E-state index in [4.69, 9.17) is 4.74 Å². The van der Waals surface area contributed by atoms with Crippen LogP contribution in [-0.2, 0) is 14.3 Å². The topological polar surface area (TPSA) is 66.8 Å². The van der Waals surface area contributed by atoms with E-state index in [0.29, 0.717) is 6.41 Å². The van der Waals surface area contributed by atoms with Crippen LogP contribution in [-0.4, -0.2) is 46.7 Å². The van der Waals surface area contributed by atoms with Crippen LogP contribution < -0.4 is 0 Å². The van der Waals surface area contributed by atoms with Crippen LogP contribution in [0, 0.1) is 0 Å². The summed E-state index contributed by atoms with van der Waals surface area (Å²) in [5.41, 5.74) is -1.79. The van der Waals surface area contributed by atoms with Crippen LogP contribution in [0.1, 0.15) is 40.0 Å². The first-order valence-electron chi connectivity index (χ1n) is 5.79. The highest BCUT2D eigenvalue weighted by molar-refractivity contribution is 5.81. The number of hydrogen-bond acceptors (Lipinski definition) is 3. The van der Waals surface area contributed by atoms with Gasteiger partial charge in [-0.3, -0.25) is 4.79 Å². The van der Waals surface area contributed by atoms with Crippen molar-refractivity contribution in [3.05, 3.63) is 0 Å². The summed E-state index contributed by atoms with van der Waals surface area (Å²) in [4.78, 5) is 24.1. The Morgan fingerprint density at radius 2 is 2.00 bits per heavy atom. The maximum absolute atomic E-state index is 11.5. The zero-order valence-electron chi connectivity index (χ0n) is 10.9. The standard InChI is InChI=1S/C12H21NO4/c1-11(2,17-4)7-12(3,10(15)16)13(8-14)9-5-6-9/h8-9H,5-7H2,1-4H3,(H,15,16). The maximum Gasteiger partial charge on any atom is 0.329 e. The Labute approximate surface area is 102 Å². The van der Waals surface area contributed by atoms with Crippen molar-refractivity contribution in [2.24, 2.45) is 0 Å². The minimum Gasteiger partial charge on any atom is -0.480 e. The van der Waals surface area contributed by atoms with Gasteiger partial charge in [-0.15, -0.1) is 0 Å². The second kappa shape index (κ2) is 4.64. The Balaban J connectivity index is 2.95. The highest BCUT2D eigenvalue weighted by Crippen LogP contribution is 2.36. The molecule has 1 saturated carbocycles. The molecule has 5 heteroatoms. The van der Waals surface area contributed by atoms with Crippen LogP contribution in [0.3, 0.4) is 0 Å². The third kappa shape index (κ3) is 2.97. The Morgan fingerprint density at radius 3 is 2.29 bits per heavy atom. The molecule has 0 saturated heterocycles. The third-order valence-electron chi connectivity index (χ3n) is 3.41. The van der Waals surface area contributed by atoms with Crippen molar-refractivity contribution >= 4 is 12.4 Å². The molecule has 17 heavy (non-hydrogen) atoms. The van der Waals surface area contributed by atoms with E-state index in [-0.39, 0.29) is 12.5 Å². The quantitative estimate of drug-likeness (QED) is 0.684. The first-order valence-corrected chi connectivity index (χ1v) is 5.79. The lowest BCUT2D eigenvalue weighted by Gasteiger charge is -2.40. The summed E-state index contributed by atoms with van der Waals surface area (Å²) in [6, 6.07) is 0.0706. The summed E-state index contributed by atoms with van der Waals surface area (Å²) in [6.07, 6.45) is 2.68. The third-order valence-corrected chi connectivity index (χ3v) is 3.41. The Bertz CT molecular complexity index is 312. The van der Waals surface area contributed by atoms with Crippen molar-refractivity contribution in [1.29, 1.82) is 0 Å².